The first-order valence-electron chi connectivity index (χ1n) is 7.57. The number of benzene rings is 1. The van der Waals surface area contributed by atoms with Crippen molar-refractivity contribution in [3.05, 3.63) is 41.4 Å². The summed E-state index contributed by atoms with van der Waals surface area (Å²) in [6.07, 6.45) is 3.65. The molecule has 2 N–H and O–H groups in total. The van der Waals surface area contributed by atoms with E-state index in [-0.39, 0.29) is 12.5 Å². The lowest BCUT2D eigenvalue weighted by atomic mass is 10.00. The average molecular weight is 379 g/mol. The molecule has 1 aromatic heterocycles. The third-order valence-electron chi connectivity index (χ3n) is 4.00. The first kappa shape index (κ1) is 17.7. The molecular formula is C16H17N3O4S2. The minimum absolute atomic E-state index is 0.223. The van der Waals surface area contributed by atoms with Crippen molar-refractivity contribution in [3.63, 3.8) is 0 Å². The lowest BCUT2D eigenvalue weighted by Crippen LogP contribution is -2.37. The summed E-state index contributed by atoms with van der Waals surface area (Å²) in [7, 11) is -1.41. The Morgan fingerprint density at radius 3 is 2.72 bits per heavy atom. The van der Waals surface area contributed by atoms with E-state index in [0.29, 0.717) is 6.42 Å². The second kappa shape index (κ2) is 7.85. The number of rotatable bonds is 6. The maximum absolute atomic E-state index is 11.7. The number of carbonyl (C=O) groups is 1. The third kappa shape index (κ3) is 4.12. The fourth-order valence-corrected chi connectivity index (χ4v) is 4.02. The van der Waals surface area contributed by atoms with E-state index in [1.54, 1.807) is 5.48 Å². The predicted molar refractivity (Wildman–Crippen MR) is 96.0 cm³/mol. The second-order valence-electron chi connectivity index (χ2n) is 5.66. The van der Waals surface area contributed by atoms with Gasteiger partial charge >= 0.3 is 0 Å². The van der Waals surface area contributed by atoms with Crippen molar-refractivity contribution in [3.8, 4) is 11.1 Å². The summed E-state index contributed by atoms with van der Waals surface area (Å²) in [4.78, 5) is 17.0. The quantitative estimate of drug-likeness (QED) is 0.590. The van der Waals surface area contributed by atoms with Gasteiger partial charge in [0.05, 0.1) is 5.71 Å². The Balaban J connectivity index is 1.64. The van der Waals surface area contributed by atoms with Crippen LogP contribution in [0.15, 0.2) is 41.0 Å². The number of hydrogen-bond acceptors (Lipinski definition) is 7. The summed E-state index contributed by atoms with van der Waals surface area (Å²) < 4.78 is 15.8. The van der Waals surface area contributed by atoms with Gasteiger partial charge in [-0.05, 0) is 22.7 Å². The SMILES string of the molecule is CS(=O)C(CC1CC(c2ccc(-c3cnsc3)cc2)=NO1)C(=O)NO. The number of oxime groups is 1. The van der Waals surface area contributed by atoms with Crippen LogP contribution < -0.4 is 5.48 Å². The van der Waals surface area contributed by atoms with Crippen LogP contribution in [0.5, 0.6) is 0 Å². The highest BCUT2D eigenvalue weighted by atomic mass is 32.2. The molecule has 3 unspecified atom stereocenters. The van der Waals surface area contributed by atoms with Gasteiger partial charge in [0.15, 0.2) is 0 Å². The fourth-order valence-electron chi connectivity index (χ4n) is 2.63. The van der Waals surface area contributed by atoms with Crippen molar-refractivity contribution in [2.24, 2.45) is 5.16 Å². The summed E-state index contributed by atoms with van der Waals surface area (Å²) >= 11 is 1.41. The van der Waals surface area contributed by atoms with Crippen LogP contribution >= 0.6 is 11.5 Å². The van der Waals surface area contributed by atoms with Gasteiger partial charge in [-0.15, -0.1) is 0 Å². The van der Waals surface area contributed by atoms with Crippen LogP contribution in [0.2, 0.25) is 0 Å². The van der Waals surface area contributed by atoms with Gasteiger partial charge in [-0.25, -0.2) is 9.85 Å². The van der Waals surface area contributed by atoms with Gasteiger partial charge < -0.3 is 4.84 Å². The molecule has 1 aromatic carbocycles. The van der Waals surface area contributed by atoms with Gasteiger partial charge in [-0.2, -0.15) is 0 Å². The first-order valence-corrected chi connectivity index (χ1v) is 10.0. The minimum atomic E-state index is -1.41. The second-order valence-corrected chi connectivity index (χ2v) is 7.88. The average Bonchev–Trinajstić information content (AvgIpc) is 3.31. The molecule has 1 aliphatic heterocycles. The summed E-state index contributed by atoms with van der Waals surface area (Å²) in [5.41, 5.74) is 5.43. The predicted octanol–water partition coefficient (Wildman–Crippen LogP) is 1.95. The smallest absolute Gasteiger partial charge is 0.259 e. The van der Waals surface area contributed by atoms with Crippen molar-refractivity contribution < 1.29 is 19.0 Å². The van der Waals surface area contributed by atoms with Crippen molar-refractivity contribution in [1.29, 1.82) is 0 Å². The van der Waals surface area contributed by atoms with Gasteiger partial charge in [0, 0.05) is 47.0 Å². The Hall–Kier alpha value is -2.10. The topological polar surface area (TPSA) is 101 Å². The van der Waals surface area contributed by atoms with E-state index in [1.165, 1.54) is 17.8 Å². The van der Waals surface area contributed by atoms with Crippen LogP contribution in [0.1, 0.15) is 18.4 Å². The Morgan fingerprint density at radius 1 is 1.40 bits per heavy atom. The highest BCUT2D eigenvalue weighted by Crippen LogP contribution is 2.25. The number of carbonyl (C=O) groups excluding carboxylic acids is 1. The van der Waals surface area contributed by atoms with E-state index in [0.717, 1.165) is 22.4 Å². The molecule has 0 bridgehead atoms. The number of aromatic nitrogens is 1. The highest BCUT2D eigenvalue weighted by Gasteiger charge is 2.31. The zero-order valence-corrected chi connectivity index (χ0v) is 15.0. The molecule has 2 aromatic rings. The minimum Gasteiger partial charge on any atom is -0.392 e. The van der Waals surface area contributed by atoms with Gasteiger partial charge in [0.1, 0.15) is 11.4 Å². The van der Waals surface area contributed by atoms with Gasteiger partial charge in [0.2, 0.25) is 0 Å². The molecule has 0 fully saturated rings. The molecule has 0 saturated carbocycles. The fraction of sp³-hybridized carbons (Fsp3) is 0.312. The molecule has 1 aliphatic rings. The van der Waals surface area contributed by atoms with Crippen molar-refractivity contribution >= 4 is 34.0 Å². The van der Waals surface area contributed by atoms with E-state index in [9.17, 15) is 9.00 Å². The van der Waals surface area contributed by atoms with Crippen LogP contribution in [0.25, 0.3) is 11.1 Å². The van der Waals surface area contributed by atoms with Crippen LogP contribution in [0.3, 0.4) is 0 Å². The molecular weight excluding hydrogens is 362 g/mol. The molecule has 132 valence electrons. The number of hydroxylamine groups is 1. The summed E-state index contributed by atoms with van der Waals surface area (Å²) in [5, 5.41) is 14.0. The summed E-state index contributed by atoms with van der Waals surface area (Å²) in [6, 6.07) is 7.93. The Labute approximate surface area is 151 Å². The maximum atomic E-state index is 11.7. The molecule has 7 nitrogen and oxygen atoms in total. The van der Waals surface area contributed by atoms with Gasteiger partial charge in [-0.3, -0.25) is 14.2 Å². The van der Waals surface area contributed by atoms with Crippen molar-refractivity contribution in [2.45, 2.75) is 24.2 Å². The molecule has 1 amide bonds. The molecule has 0 spiro atoms. The lowest BCUT2D eigenvalue weighted by Gasteiger charge is -2.15. The van der Waals surface area contributed by atoms with E-state index in [1.807, 2.05) is 35.8 Å². The highest BCUT2D eigenvalue weighted by molar-refractivity contribution is 7.85. The maximum Gasteiger partial charge on any atom is 0.259 e. The molecule has 9 heteroatoms. The van der Waals surface area contributed by atoms with Crippen molar-refractivity contribution in [2.75, 3.05) is 6.26 Å². The van der Waals surface area contributed by atoms with E-state index >= 15 is 0 Å². The zero-order chi connectivity index (χ0) is 17.8. The number of hydrogen-bond donors (Lipinski definition) is 2. The van der Waals surface area contributed by atoms with E-state index in [2.05, 4.69) is 9.53 Å². The molecule has 0 saturated heterocycles. The third-order valence-corrected chi connectivity index (χ3v) is 5.79. The van der Waals surface area contributed by atoms with Gasteiger partial charge in [-0.1, -0.05) is 29.4 Å². The molecule has 3 rings (SSSR count). The van der Waals surface area contributed by atoms with Crippen LogP contribution in [-0.2, 0) is 20.4 Å². The standard InChI is InChI=1S/C16H17N3O4S2/c1-25(22)15(16(20)18-21)7-13-6-14(19-23-13)11-4-2-10(3-5-11)12-8-17-24-9-12/h2-5,8-9,13,15,21H,6-7H2,1H3,(H,18,20). The Bertz CT molecular complexity index is 790. The lowest BCUT2D eigenvalue weighted by molar-refractivity contribution is -0.129. The number of nitrogens with one attached hydrogen (secondary N) is 1. The number of amides is 1. The Morgan fingerprint density at radius 2 is 2.12 bits per heavy atom. The summed E-state index contributed by atoms with van der Waals surface area (Å²) in [6.45, 7) is 0. The largest absolute Gasteiger partial charge is 0.392 e. The number of nitrogens with zero attached hydrogens (tertiary/aromatic N) is 2. The van der Waals surface area contributed by atoms with E-state index < -0.39 is 22.0 Å². The molecule has 25 heavy (non-hydrogen) atoms. The molecule has 3 atom stereocenters. The Kier molecular flexibility index (Phi) is 5.57. The van der Waals surface area contributed by atoms with Gasteiger partial charge in [0.25, 0.3) is 5.91 Å². The van der Waals surface area contributed by atoms with Crippen LogP contribution in [-0.4, -0.2) is 43.0 Å². The normalized spacial score (nSPS) is 19.0. The molecule has 0 radical (unpaired) electrons. The van der Waals surface area contributed by atoms with Crippen LogP contribution in [0.4, 0.5) is 0 Å². The first-order chi connectivity index (χ1) is 12.1. The van der Waals surface area contributed by atoms with Crippen molar-refractivity contribution in [1.82, 2.24) is 9.85 Å². The van der Waals surface area contributed by atoms with Crippen LogP contribution in [0, 0.1) is 0 Å². The van der Waals surface area contributed by atoms with E-state index in [4.69, 9.17) is 10.0 Å². The zero-order valence-electron chi connectivity index (χ0n) is 13.4. The molecule has 2 heterocycles. The monoisotopic (exact) mass is 379 g/mol. The summed E-state index contributed by atoms with van der Waals surface area (Å²) in [5.74, 6) is -0.674. The molecule has 0 aliphatic carbocycles.